The van der Waals surface area contributed by atoms with E-state index in [2.05, 4.69) is 24.6 Å². The molecule has 2 atom stereocenters. The van der Waals surface area contributed by atoms with Crippen molar-refractivity contribution >= 4 is 22.3 Å². The van der Waals surface area contributed by atoms with Crippen LogP contribution in [0.4, 0.5) is 0 Å². The van der Waals surface area contributed by atoms with Gasteiger partial charge in [0.1, 0.15) is 6.07 Å². The summed E-state index contributed by atoms with van der Waals surface area (Å²) in [7, 11) is -1.10. The lowest BCUT2D eigenvalue weighted by Crippen LogP contribution is -2.36. The van der Waals surface area contributed by atoms with E-state index in [1.165, 1.54) is 0 Å². The zero-order valence-corrected chi connectivity index (χ0v) is 13.8. The lowest BCUT2D eigenvalue weighted by atomic mass is 10.0. The molecule has 5 heteroatoms. The minimum atomic E-state index is -1.10. The largest absolute Gasteiger partial charge is 0.242 e. The maximum atomic E-state index is 12.2. The van der Waals surface area contributed by atoms with Gasteiger partial charge in [0, 0.05) is 10.3 Å². The normalized spacial score (nSPS) is 15.2. The summed E-state index contributed by atoms with van der Waals surface area (Å²) in [6, 6.07) is 4.09. The molecule has 0 unspecified atom stereocenters. The molecule has 0 saturated carbocycles. The number of nitrogens with zero attached hydrogens (tertiary/aromatic N) is 1. The van der Waals surface area contributed by atoms with E-state index in [1.54, 1.807) is 11.3 Å². The van der Waals surface area contributed by atoms with Gasteiger partial charge in [-0.05, 0) is 39.2 Å². The summed E-state index contributed by atoms with van der Waals surface area (Å²) >= 11 is 1.56. The molecule has 0 aliphatic heterocycles. The van der Waals surface area contributed by atoms with Crippen LogP contribution in [-0.4, -0.2) is 8.96 Å². The fourth-order valence-corrected chi connectivity index (χ4v) is 3.40. The molecule has 19 heavy (non-hydrogen) atoms. The van der Waals surface area contributed by atoms with Crippen molar-refractivity contribution in [2.45, 2.75) is 51.8 Å². The van der Waals surface area contributed by atoms with E-state index in [9.17, 15) is 4.21 Å². The molecule has 0 spiro atoms. The quantitative estimate of drug-likeness (QED) is 0.900. The van der Waals surface area contributed by atoms with Crippen LogP contribution in [0.15, 0.2) is 11.4 Å². The second-order valence-corrected chi connectivity index (χ2v) is 8.97. The van der Waals surface area contributed by atoms with Crippen molar-refractivity contribution < 1.29 is 4.21 Å². The first kappa shape index (κ1) is 16.4. The summed E-state index contributed by atoms with van der Waals surface area (Å²) in [5.74, 6) is 0.502. The Morgan fingerprint density at radius 2 is 2.11 bits per heavy atom. The monoisotopic (exact) mass is 298 g/mol. The van der Waals surface area contributed by atoms with Crippen molar-refractivity contribution in [2.75, 3.05) is 0 Å². The van der Waals surface area contributed by atoms with E-state index < -0.39 is 11.0 Å². The van der Waals surface area contributed by atoms with Crippen molar-refractivity contribution in [1.82, 2.24) is 4.72 Å². The topological polar surface area (TPSA) is 52.9 Å². The molecule has 0 aliphatic carbocycles. The highest BCUT2D eigenvalue weighted by Gasteiger charge is 2.25. The van der Waals surface area contributed by atoms with Gasteiger partial charge in [-0.2, -0.15) is 5.26 Å². The standard InChI is InChI=1S/C14H22N2OS2/c1-10(2)6-12(16-19(17)14(3,4)5)13-7-11(8-15)9-18-13/h7,9-10,12,16H,6H2,1-5H3/t12-,19+/m1/s1. The van der Waals surface area contributed by atoms with Gasteiger partial charge in [0.15, 0.2) is 0 Å². The average molecular weight is 298 g/mol. The lowest BCUT2D eigenvalue weighted by molar-refractivity contribution is 0.485. The summed E-state index contributed by atoms with van der Waals surface area (Å²) in [6.45, 7) is 10.2. The summed E-state index contributed by atoms with van der Waals surface area (Å²) in [5.41, 5.74) is 0.678. The third kappa shape index (κ3) is 5.06. The van der Waals surface area contributed by atoms with E-state index in [0.717, 1.165) is 11.3 Å². The van der Waals surface area contributed by atoms with Gasteiger partial charge in [0.25, 0.3) is 0 Å². The van der Waals surface area contributed by atoms with Crippen LogP contribution in [-0.2, 0) is 11.0 Å². The highest BCUT2D eigenvalue weighted by molar-refractivity contribution is 7.84. The number of rotatable bonds is 5. The van der Waals surface area contributed by atoms with Crippen LogP contribution in [0.3, 0.4) is 0 Å². The van der Waals surface area contributed by atoms with Crippen LogP contribution in [0.5, 0.6) is 0 Å². The fourth-order valence-electron chi connectivity index (χ4n) is 1.59. The fraction of sp³-hybridized carbons (Fsp3) is 0.643. The van der Waals surface area contributed by atoms with Gasteiger partial charge in [-0.3, -0.25) is 0 Å². The Kier molecular flexibility index (Phi) is 5.72. The zero-order chi connectivity index (χ0) is 14.6. The van der Waals surface area contributed by atoms with Crippen LogP contribution in [0.2, 0.25) is 0 Å². The first-order chi connectivity index (χ1) is 8.74. The molecule has 0 bridgehead atoms. The molecule has 0 saturated heterocycles. The number of nitrogens with one attached hydrogen (secondary N) is 1. The molecule has 0 aliphatic rings. The minimum Gasteiger partial charge on any atom is -0.242 e. The Hall–Kier alpha value is -0.700. The molecule has 0 radical (unpaired) electrons. The molecule has 1 rings (SSSR count). The van der Waals surface area contributed by atoms with E-state index in [4.69, 9.17) is 5.26 Å². The van der Waals surface area contributed by atoms with Gasteiger partial charge in [0.2, 0.25) is 0 Å². The molecule has 3 nitrogen and oxygen atoms in total. The average Bonchev–Trinajstić information content (AvgIpc) is 2.74. The predicted molar refractivity (Wildman–Crippen MR) is 82.3 cm³/mol. The molecule has 0 amide bonds. The highest BCUT2D eigenvalue weighted by atomic mass is 32.2. The maximum Gasteiger partial charge on any atom is 0.100 e. The first-order valence-corrected chi connectivity index (χ1v) is 8.43. The van der Waals surface area contributed by atoms with Crippen LogP contribution in [0.25, 0.3) is 0 Å². The summed E-state index contributed by atoms with van der Waals surface area (Å²) in [5, 5.41) is 10.8. The molecule has 1 aromatic rings. The van der Waals surface area contributed by atoms with Crippen LogP contribution < -0.4 is 4.72 Å². The Morgan fingerprint density at radius 3 is 2.53 bits per heavy atom. The summed E-state index contributed by atoms with van der Waals surface area (Å²) in [6.07, 6.45) is 0.910. The zero-order valence-electron chi connectivity index (χ0n) is 12.2. The highest BCUT2D eigenvalue weighted by Crippen LogP contribution is 2.28. The van der Waals surface area contributed by atoms with Crippen LogP contribution in [0, 0.1) is 17.2 Å². The van der Waals surface area contributed by atoms with E-state index >= 15 is 0 Å². The molecule has 1 aromatic heterocycles. The smallest absolute Gasteiger partial charge is 0.100 e. The number of hydrogen-bond donors (Lipinski definition) is 1. The Labute approximate surface area is 122 Å². The van der Waals surface area contributed by atoms with Crippen molar-refractivity contribution in [2.24, 2.45) is 5.92 Å². The van der Waals surface area contributed by atoms with Crippen molar-refractivity contribution in [1.29, 1.82) is 5.26 Å². The van der Waals surface area contributed by atoms with Gasteiger partial charge in [-0.1, -0.05) is 13.8 Å². The number of hydrogen-bond acceptors (Lipinski definition) is 3. The third-order valence-electron chi connectivity index (χ3n) is 2.60. The van der Waals surface area contributed by atoms with E-state index in [0.29, 0.717) is 11.5 Å². The van der Waals surface area contributed by atoms with Gasteiger partial charge in [-0.25, -0.2) is 8.93 Å². The van der Waals surface area contributed by atoms with Gasteiger partial charge >= 0.3 is 0 Å². The molecule has 106 valence electrons. The number of nitriles is 1. The third-order valence-corrected chi connectivity index (χ3v) is 5.26. The Balaban J connectivity index is 2.90. The Bertz CT molecular complexity index is 480. The van der Waals surface area contributed by atoms with Crippen LogP contribution >= 0.6 is 11.3 Å². The molecule has 1 N–H and O–H groups in total. The molecular formula is C14H22N2OS2. The second-order valence-electron chi connectivity index (χ2n) is 6.03. The lowest BCUT2D eigenvalue weighted by Gasteiger charge is -2.24. The molecule has 0 aromatic carbocycles. The van der Waals surface area contributed by atoms with Crippen molar-refractivity contribution in [3.8, 4) is 6.07 Å². The van der Waals surface area contributed by atoms with Crippen molar-refractivity contribution in [3.05, 3.63) is 21.9 Å². The van der Waals surface area contributed by atoms with Gasteiger partial charge < -0.3 is 0 Å². The second kappa shape index (κ2) is 6.65. The minimum absolute atomic E-state index is 0.0483. The van der Waals surface area contributed by atoms with Gasteiger partial charge in [-0.15, -0.1) is 11.3 Å². The van der Waals surface area contributed by atoms with E-state index in [-0.39, 0.29) is 10.8 Å². The van der Waals surface area contributed by atoms with Crippen molar-refractivity contribution in [3.63, 3.8) is 0 Å². The Morgan fingerprint density at radius 1 is 1.47 bits per heavy atom. The molecular weight excluding hydrogens is 276 g/mol. The van der Waals surface area contributed by atoms with Gasteiger partial charge in [0.05, 0.1) is 27.3 Å². The summed E-state index contributed by atoms with van der Waals surface area (Å²) in [4.78, 5) is 1.09. The first-order valence-electron chi connectivity index (χ1n) is 6.40. The van der Waals surface area contributed by atoms with Crippen LogP contribution in [0.1, 0.15) is 57.5 Å². The predicted octanol–water partition coefficient (Wildman–Crippen LogP) is 3.76. The SMILES string of the molecule is CC(C)C[C@@H](N[S@@](=O)C(C)(C)C)c1cc(C#N)cs1. The summed E-state index contributed by atoms with van der Waals surface area (Å²) < 4.78 is 15.2. The van der Waals surface area contributed by atoms with E-state index in [1.807, 2.05) is 32.2 Å². The maximum absolute atomic E-state index is 12.2. The molecule has 0 fully saturated rings. The molecule has 1 heterocycles. The number of thiophene rings is 1.